The van der Waals surface area contributed by atoms with Crippen molar-refractivity contribution in [3.8, 4) is 10.8 Å². The first kappa shape index (κ1) is 15.5. The minimum atomic E-state index is -1.06. The molecule has 21 heavy (non-hydrogen) atoms. The molecule has 0 aliphatic carbocycles. The first-order valence-corrected chi connectivity index (χ1v) is 8.04. The number of carboxylic acids is 1. The fraction of sp³-hybridized carbons (Fsp3) is 0.333. The molecule has 0 fully saturated rings. The monoisotopic (exact) mass is 327 g/mol. The third-order valence-corrected chi connectivity index (χ3v) is 4.28. The first-order valence-electron chi connectivity index (χ1n) is 6.00. The second-order valence-electron chi connectivity index (χ2n) is 4.10. The summed E-state index contributed by atoms with van der Waals surface area (Å²) in [5.74, 6) is 0.163. The molecule has 0 aromatic carbocycles. The number of nitrogens with zero attached hydrogens (tertiary/aromatic N) is 2. The number of thiophene rings is 1. The Morgan fingerprint density at radius 2 is 2.38 bits per heavy atom. The summed E-state index contributed by atoms with van der Waals surface area (Å²) in [5, 5.41) is 17.1. The fourth-order valence-corrected chi connectivity index (χ4v) is 3.02. The molecule has 112 valence electrons. The molecule has 1 amide bonds. The van der Waals surface area contributed by atoms with E-state index in [4.69, 9.17) is 9.63 Å². The molecule has 9 heteroatoms. The van der Waals surface area contributed by atoms with Crippen molar-refractivity contribution in [1.82, 2.24) is 15.5 Å². The molecule has 2 aromatic heterocycles. The van der Waals surface area contributed by atoms with E-state index in [2.05, 4.69) is 15.5 Å². The molecule has 0 radical (unpaired) electrons. The van der Waals surface area contributed by atoms with Crippen LogP contribution in [0, 0.1) is 0 Å². The van der Waals surface area contributed by atoms with Crippen LogP contribution in [0.25, 0.3) is 10.8 Å². The van der Waals surface area contributed by atoms with Gasteiger partial charge in [0, 0.05) is 12.7 Å². The van der Waals surface area contributed by atoms with Crippen LogP contribution in [-0.4, -0.2) is 38.9 Å². The summed E-state index contributed by atoms with van der Waals surface area (Å²) in [7, 11) is 0. The standard InChI is InChI=1S/C12H13N3O4S2/c1-7(16)13-8(12(17)18)5-20-6-10-14-11(19-15-10)9-3-2-4-21-9/h2-4,8H,5-6H2,1H3,(H,13,16)(H,17,18). The van der Waals surface area contributed by atoms with Crippen molar-refractivity contribution < 1.29 is 19.2 Å². The fourth-order valence-electron chi connectivity index (χ4n) is 1.50. The summed E-state index contributed by atoms with van der Waals surface area (Å²) in [4.78, 5) is 27.0. The van der Waals surface area contributed by atoms with Gasteiger partial charge in [-0.2, -0.15) is 16.7 Å². The highest BCUT2D eigenvalue weighted by atomic mass is 32.2. The van der Waals surface area contributed by atoms with Gasteiger partial charge in [-0.1, -0.05) is 11.2 Å². The lowest BCUT2D eigenvalue weighted by molar-refractivity contribution is -0.140. The lowest BCUT2D eigenvalue weighted by Gasteiger charge is -2.11. The molecule has 0 saturated heterocycles. The van der Waals surface area contributed by atoms with E-state index in [1.807, 2.05) is 17.5 Å². The van der Waals surface area contributed by atoms with E-state index in [-0.39, 0.29) is 11.7 Å². The van der Waals surface area contributed by atoms with Gasteiger partial charge in [-0.15, -0.1) is 11.3 Å². The predicted molar refractivity (Wildman–Crippen MR) is 79.0 cm³/mol. The summed E-state index contributed by atoms with van der Waals surface area (Å²) in [5.41, 5.74) is 0. The van der Waals surface area contributed by atoms with E-state index >= 15 is 0 Å². The Labute approximate surface area is 128 Å². The lowest BCUT2D eigenvalue weighted by Crippen LogP contribution is -2.41. The molecule has 0 saturated carbocycles. The zero-order chi connectivity index (χ0) is 15.2. The lowest BCUT2D eigenvalue weighted by atomic mass is 10.3. The summed E-state index contributed by atoms with van der Waals surface area (Å²) in [6.07, 6.45) is 0. The smallest absolute Gasteiger partial charge is 0.327 e. The van der Waals surface area contributed by atoms with Crippen LogP contribution >= 0.6 is 23.1 Å². The van der Waals surface area contributed by atoms with Gasteiger partial charge in [0.15, 0.2) is 5.82 Å². The Bertz CT molecular complexity index is 612. The number of carbonyl (C=O) groups is 2. The summed E-state index contributed by atoms with van der Waals surface area (Å²) < 4.78 is 5.13. The van der Waals surface area contributed by atoms with Crippen LogP contribution in [0.15, 0.2) is 22.0 Å². The number of hydrogen-bond acceptors (Lipinski definition) is 7. The number of nitrogens with one attached hydrogen (secondary N) is 1. The van der Waals surface area contributed by atoms with Gasteiger partial charge < -0.3 is 14.9 Å². The quantitative estimate of drug-likeness (QED) is 0.796. The second kappa shape index (κ2) is 7.23. The number of aromatic nitrogens is 2. The van der Waals surface area contributed by atoms with Gasteiger partial charge in [-0.05, 0) is 11.4 Å². The maximum absolute atomic E-state index is 11.0. The molecule has 2 rings (SSSR count). The molecule has 7 nitrogen and oxygen atoms in total. The van der Waals surface area contributed by atoms with Crippen LogP contribution in [-0.2, 0) is 15.3 Å². The first-order chi connectivity index (χ1) is 10.1. The van der Waals surface area contributed by atoms with Gasteiger partial charge in [0.1, 0.15) is 6.04 Å². The number of aliphatic carboxylic acids is 1. The Hall–Kier alpha value is -1.87. The molecular formula is C12H13N3O4S2. The molecule has 2 N–H and O–H groups in total. The third kappa shape index (κ3) is 4.57. The molecule has 0 bridgehead atoms. The Morgan fingerprint density at radius 3 is 3.00 bits per heavy atom. The van der Waals surface area contributed by atoms with Crippen molar-refractivity contribution in [2.45, 2.75) is 18.7 Å². The van der Waals surface area contributed by atoms with E-state index in [9.17, 15) is 9.59 Å². The Morgan fingerprint density at radius 1 is 1.57 bits per heavy atom. The zero-order valence-electron chi connectivity index (χ0n) is 11.1. The average Bonchev–Trinajstić information content (AvgIpc) is 3.07. The number of carbonyl (C=O) groups excluding carboxylic acids is 1. The normalized spacial score (nSPS) is 12.0. The predicted octanol–water partition coefficient (Wildman–Crippen LogP) is 1.62. The molecule has 0 aliphatic rings. The molecule has 2 heterocycles. The number of rotatable bonds is 7. The highest BCUT2D eigenvalue weighted by molar-refractivity contribution is 7.98. The highest BCUT2D eigenvalue weighted by Gasteiger charge is 2.18. The van der Waals surface area contributed by atoms with Gasteiger partial charge in [-0.3, -0.25) is 4.79 Å². The van der Waals surface area contributed by atoms with Crippen molar-refractivity contribution in [2.24, 2.45) is 0 Å². The van der Waals surface area contributed by atoms with Crippen molar-refractivity contribution >= 4 is 35.0 Å². The zero-order valence-corrected chi connectivity index (χ0v) is 12.7. The van der Waals surface area contributed by atoms with Gasteiger partial charge >= 0.3 is 5.97 Å². The van der Waals surface area contributed by atoms with Crippen LogP contribution in [0.4, 0.5) is 0 Å². The molecular weight excluding hydrogens is 314 g/mol. The van der Waals surface area contributed by atoms with Crippen LogP contribution in [0.5, 0.6) is 0 Å². The summed E-state index contributed by atoms with van der Waals surface area (Å²) in [6, 6.07) is 2.85. The second-order valence-corrected chi connectivity index (χ2v) is 6.08. The third-order valence-electron chi connectivity index (χ3n) is 2.39. The summed E-state index contributed by atoms with van der Waals surface area (Å²) >= 11 is 2.82. The van der Waals surface area contributed by atoms with E-state index < -0.39 is 12.0 Å². The van der Waals surface area contributed by atoms with E-state index in [0.29, 0.717) is 17.5 Å². The van der Waals surface area contributed by atoms with Crippen LogP contribution < -0.4 is 5.32 Å². The highest BCUT2D eigenvalue weighted by Crippen LogP contribution is 2.23. The van der Waals surface area contributed by atoms with Crippen molar-refractivity contribution in [1.29, 1.82) is 0 Å². The molecule has 2 aromatic rings. The average molecular weight is 327 g/mol. The summed E-state index contributed by atoms with van der Waals surface area (Å²) in [6.45, 7) is 1.28. The number of amides is 1. The van der Waals surface area contributed by atoms with Crippen molar-refractivity contribution in [3.05, 3.63) is 23.3 Å². The SMILES string of the molecule is CC(=O)NC(CSCc1noc(-c2cccs2)n1)C(=O)O. The van der Waals surface area contributed by atoms with E-state index in [1.165, 1.54) is 30.0 Å². The van der Waals surface area contributed by atoms with Crippen LogP contribution in [0.2, 0.25) is 0 Å². The van der Waals surface area contributed by atoms with E-state index in [1.54, 1.807) is 0 Å². The molecule has 0 aliphatic heterocycles. The Kier molecular flexibility index (Phi) is 5.34. The Balaban J connectivity index is 1.85. The largest absolute Gasteiger partial charge is 0.480 e. The number of carboxylic acid groups (broad SMARTS) is 1. The van der Waals surface area contributed by atoms with Crippen LogP contribution in [0.1, 0.15) is 12.7 Å². The van der Waals surface area contributed by atoms with Crippen molar-refractivity contribution in [2.75, 3.05) is 5.75 Å². The van der Waals surface area contributed by atoms with Crippen molar-refractivity contribution in [3.63, 3.8) is 0 Å². The molecule has 0 spiro atoms. The van der Waals surface area contributed by atoms with Gasteiger partial charge in [0.2, 0.25) is 5.91 Å². The topological polar surface area (TPSA) is 105 Å². The number of hydrogen-bond donors (Lipinski definition) is 2. The maximum Gasteiger partial charge on any atom is 0.327 e. The maximum atomic E-state index is 11.0. The van der Waals surface area contributed by atoms with E-state index in [0.717, 1.165) is 4.88 Å². The minimum Gasteiger partial charge on any atom is -0.480 e. The van der Waals surface area contributed by atoms with Gasteiger partial charge in [0.05, 0.1) is 10.6 Å². The molecule has 1 unspecified atom stereocenters. The molecule has 1 atom stereocenters. The van der Waals surface area contributed by atoms with Crippen LogP contribution in [0.3, 0.4) is 0 Å². The van der Waals surface area contributed by atoms with Gasteiger partial charge in [0.25, 0.3) is 5.89 Å². The minimum absolute atomic E-state index is 0.234. The van der Waals surface area contributed by atoms with Gasteiger partial charge in [-0.25, -0.2) is 4.79 Å². The number of thioether (sulfide) groups is 1.